The highest BCUT2D eigenvalue weighted by atomic mass is 16.5. The van der Waals surface area contributed by atoms with E-state index in [1.54, 1.807) is 24.1 Å². The molecule has 2 aromatic heterocycles. The van der Waals surface area contributed by atoms with Crippen molar-refractivity contribution in [2.75, 3.05) is 7.11 Å². The van der Waals surface area contributed by atoms with Gasteiger partial charge >= 0.3 is 5.97 Å². The largest absolute Gasteiger partial charge is 0.497 e. The molecule has 0 fully saturated rings. The summed E-state index contributed by atoms with van der Waals surface area (Å²) in [6.45, 7) is 0.107. The molecule has 3 aromatic rings. The van der Waals surface area contributed by atoms with Gasteiger partial charge in [-0.3, -0.25) is 5.10 Å². The van der Waals surface area contributed by atoms with E-state index in [4.69, 9.17) is 9.47 Å². The first-order valence-electron chi connectivity index (χ1n) is 7.00. The van der Waals surface area contributed by atoms with E-state index in [0.29, 0.717) is 17.1 Å². The van der Waals surface area contributed by atoms with Gasteiger partial charge in [-0.15, -0.1) is 0 Å². The Kier molecular flexibility index (Phi) is 4.09. The predicted octanol–water partition coefficient (Wildman–Crippen LogP) is 2.18. The molecule has 0 saturated carbocycles. The van der Waals surface area contributed by atoms with Gasteiger partial charge in [0.15, 0.2) is 0 Å². The third-order valence-corrected chi connectivity index (χ3v) is 3.49. The Hall–Kier alpha value is -3.09. The second-order valence-electron chi connectivity index (χ2n) is 4.92. The van der Waals surface area contributed by atoms with Gasteiger partial charge in [-0.1, -0.05) is 0 Å². The van der Waals surface area contributed by atoms with E-state index in [0.717, 1.165) is 11.3 Å². The summed E-state index contributed by atoms with van der Waals surface area (Å²) in [6, 6.07) is 7.34. The number of hydrogen-bond donors (Lipinski definition) is 1. The minimum atomic E-state index is -0.451. The maximum atomic E-state index is 12.3. The average molecular weight is 312 g/mol. The van der Waals surface area contributed by atoms with E-state index in [1.807, 2.05) is 31.3 Å². The van der Waals surface area contributed by atoms with E-state index in [-0.39, 0.29) is 6.61 Å². The first kappa shape index (κ1) is 14.8. The van der Waals surface area contributed by atoms with Gasteiger partial charge in [-0.05, 0) is 24.3 Å². The first-order valence-corrected chi connectivity index (χ1v) is 7.00. The maximum Gasteiger partial charge on any atom is 0.342 e. The molecule has 118 valence electrons. The van der Waals surface area contributed by atoms with Gasteiger partial charge in [0.2, 0.25) is 0 Å². The quantitative estimate of drug-likeness (QED) is 0.730. The summed E-state index contributed by atoms with van der Waals surface area (Å²) in [6.07, 6.45) is 4.91. The van der Waals surface area contributed by atoms with E-state index < -0.39 is 5.97 Å². The van der Waals surface area contributed by atoms with Crippen LogP contribution >= 0.6 is 0 Å². The lowest BCUT2D eigenvalue weighted by atomic mass is 10.1. The Balaban J connectivity index is 1.76. The van der Waals surface area contributed by atoms with Crippen LogP contribution in [0, 0.1) is 0 Å². The molecule has 0 amide bonds. The van der Waals surface area contributed by atoms with Gasteiger partial charge in [0.25, 0.3) is 0 Å². The number of nitrogens with one attached hydrogen (secondary N) is 1. The average Bonchev–Trinajstić information content (AvgIpc) is 3.22. The number of benzene rings is 1. The number of H-pyrrole nitrogens is 1. The highest BCUT2D eigenvalue weighted by Gasteiger charge is 2.17. The summed E-state index contributed by atoms with van der Waals surface area (Å²) in [5, 5.41) is 6.78. The summed E-state index contributed by atoms with van der Waals surface area (Å²) in [5.41, 5.74) is 1.81. The van der Waals surface area contributed by atoms with E-state index in [9.17, 15) is 4.79 Å². The summed E-state index contributed by atoms with van der Waals surface area (Å²) >= 11 is 0. The Morgan fingerprint density at radius 2 is 2.09 bits per heavy atom. The summed E-state index contributed by atoms with van der Waals surface area (Å²) in [4.78, 5) is 16.4. The molecule has 1 aromatic carbocycles. The van der Waals surface area contributed by atoms with Gasteiger partial charge in [-0.25, -0.2) is 9.78 Å². The maximum absolute atomic E-state index is 12.3. The lowest BCUT2D eigenvalue weighted by molar-refractivity contribution is 0.0460. The molecule has 0 aliphatic rings. The fourth-order valence-corrected chi connectivity index (χ4v) is 2.16. The van der Waals surface area contributed by atoms with Crippen LogP contribution in [0.15, 0.2) is 42.9 Å². The highest BCUT2D eigenvalue weighted by Crippen LogP contribution is 2.24. The molecule has 7 heteroatoms. The van der Waals surface area contributed by atoms with Crippen molar-refractivity contribution in [2.24, 2.45) is 7.05 Å². The van der Waals surface area contributed by atoms with E-state index in [2.05, 4.69) is 15.2 Å². The van der Waals surface area contributed by atoms with Crippen LogP contribution in [0.25, 0.3) is 11.3 Å². The van der Waals surface area contributed by atoms with E-state index >= 15 is 0 Å². The van der Waals surface area contributed by atoms with Crippen molar-refractivity contribution in [3.05, 3.63) is 54.2 Å². The lowest BCUT2D eigenvalue weighted by Gasteiger charge is -2.06. The zero-order valence-corrected chi connectivity index (χ0v) is 12.8. The summed E-state index contributed by atoms with van der Waals surface area (Å²) < 4.78 is 12.2. The minimum Gasteiger partial charge on any atom is -0.497 e. The zero-order valence-electron chi connectivity index (χ0n) is 12.8. The molecule has 23 heavy (non-hydrogen) atoms. The monoisotopic (exact) mass is 312 g/mol. The van der Waals surface area contributed by atoms with Gasteiger partial charge in [0, 0.05) is 25.0 Å². The molecule has 0 saturated heterocycles. The topological polar surface area (TPSA) is 82.0 Å². The number of nitrogens with zero attached hydrogens (tertiary/aromatic N) is 3. The number of aryl methyl sites for hydroxylation is 1. The van der Waals surface area contributed by atoms with Crippen LogP contribution in [-0.2, 0) is 18.4 Å². The van der Waals surface area contributed by atoms with Crippen molar-refractivity contribution in [2.45, 2.75) is 6.61 Å². The van der Waals surface area contributed by atoms with Crippen molar-refractivity contribution in [1.29, 1.82) is 0 Å². The molecule has 0 unspecified atom stereocenters. The number of hydrogen-bond acceptors (Lipinski definition) is 5. The van der Waals surface area contributed by atoms with Crippen LogP contribution in [0.2, 0.25) is 0 Å². The molecule has 2 heterocycles. The number of aromatic amines is 1. The predicted molar refractivity (Wildman–Crippen MR) is 82.9 cm³/mol. The smallest absolute Gasteiger partial charge is 0.342 e. The van der Waals surface area contributed by atoms with Crippen molar-refractivity contribution in [3.8, 4) is 17.0 Å². The van der Waals surface area contributed by atoms with Gasteiger partial charge in [0.1, 0.15) is 23.7 Å². The number of carbonyl (C=O) groups is 1. The highest BCUT2D eigenvalue weighted by molar-refractivity contribution is 5.95. The first-order chi connectivity index (χ1) is 11.2. The molecule has 0 spiro atoms. The number of aromatic nitrogens is 4. The van der Waals surface area contributed by atoms with Gasteiger partial charge in [0.05, 0.1) is 19.0 Å². The molecular formula is C16H16N4O3. The number of carbonyl (C=O) groups excluding carboxylic acids is 1. The third-order valence-electron chi connectivity index (χ3n) is 3.49. The molecule has 0 radical (unpaired) electrons. The van der Waals surface area contributed by atoms with Crippen molar-refractivity contribution < 1.29 is 14.3 Å². The second kappa shape index (κ2) is 6.35. The number of methoxy groups -OCH3 is 1. The fraction of sp³-hybridized carbons (Fsp3) is 0.188. The van der Waals surface area contributed by atoms with Crippen LogP contribution in [0.4, 0.5) is 0 Å². The Morgan fingerprint density at radius 3 is 2.74 bits per heavy atom. The number of ether oxygens (including phenoxy) is 2. The van der Waals surface area contributed by atoms with E-state index in [1.165, 1.54) is 6.20 Å². The van der Waals surface area contributed by atoms with Crippen LogP contribution in [0.1, 0.15) is 16.2 Å². The van der Waals surface area contributed by atoms with Gasteiger partial charge in [-0.2, -0.15) is 5.10 Å². The standard InChI is InChI=1S/C16H16N4O3/c1-20-8-7-17-14(20)10-23-16(21)13-9-18-19-15(13)11-3-5-12(22-2)6-4-11/h3-9H,10H2,1-2H3,(H,18,19). The van der Waals surface area contributed by atoms with Crippen LogP contribution in [-0.4, -0.2) is 32.8 Å². The van der Waals surface area contributed by atoms with Crippen molar-refractivity contribution in [1.82, 2.24) is 19.7 Å². The molecular weight excluding hydrogens is 296 g/mol. The van der Waals surface area contributed by atoms with Gasteiger partial charge < -0.3 is 14.0 Å². The normalized spacial score (nSPS) is 10.5. The molecule has 1 N–H and O–H groups in total. The lowest BCUT2D eigenvalue weighted by Crippen LogP contribution is -2.08. The Bertz CT molecular complexity index is 805. The fourth-order valence-electron chi connectivity index (χ4n) is 2.16. The number of rotatable bonds is 5. The molecule has 0 aliphatic heterocycles. The Morgan fingerprint density at radius 1 is 1.30 bits per heavy atom. The summed E-state index contributed by atoms with van der Waals surface area (Å²) in [5.74, 6) is 0.965. The molecule has 0 bridgehead atoms. The Labute approximate surface area is 132 Å². The zero-order chi connectivity index (χ0) is 16.2. The van der Waals surface area contributed by atoms with Crippen LogP contribution < -0.4 is 4.74 Å². The molecule has 3 rings (SSSR count). The van der Waals surface area contributed by atoms with Crippen molar-refractivity contribution in [3.63, 3.8) is 0 Å². The van der Waals surface area contributed by atoms with Crippen molar-refractivity contribution >= 4 is 5.97 Å². The molecule has 0 aliphatic carbocycles. The number of esters is 1. The summed E-state index contributed by atoms with van der Waals surface area (Å²) in [7, 11) is 3.45. The second-order valence-corrected chi connectivity index (χ2v) is 4.92. The number of imidazole rings is 1. The van der Waals surface area contributed by atoms with Crippen LogP contribution in [0.5, 0.6) is 5.75 Å². The third kappa shape index (κ3) is 3.08. The van der Waals surface area contributed by atoms with Crippen LogP contribution in [0.3, 0.4) is 0 Å². The minimum absolute atomic E-state index is 0.107. The molecule has 7 nitrogen and oxygen atoms in total. The SMILES string of the molecule is COc1ccc(-c2[nH]ncc2C(=O)OCc2nccn2C)cc1. The molecule has 0 atom stereocenters.